The van der Waals surface area contributed by atoms with E-state index < -0.39 is 0 Å². The zero-order valence-electron chi connectivity index (χ0n) is 23.8. The Labute approximate surface area is 228 Å². The molecule has 1 aliphatic heterocycles. The maximum atomic E-state index is 14.0. The second kappa shape index (κ2) is 10.1. The van der Waals surface area contributed by atoms with E-state index in [1.165, 1.54) is 30.7 Å². The molecular formula is C33H43NO4. The van der Waals surface area contributed by atoms with Gasteiger partial charge in [0.05, 0.1) is 7.11 Å². The first-order valence-electron chi connectivity index (χ1n) is 14.3. The van der Waals surface area contributed by atoms with Crippen molar-refractivity contribution in [1.82, 2.24) is 4.90 Å². The standard InChI is InChI=1S/C33H43NO4/c1-7-15-38-27-14-13-21(16-28(27)37-6)29-30-23(17-32(2,3)19-25(30)35)34(22-11-9-8-10-12-22)24-18-33(4,5)20-26(36)31(24)29/h7,13-14,16,22,29H,1,8-12,15,17-20H2,2-6H3. The van der Waals surface area contributed by atoms with Crippen molar-refractivity contribution >= 4 is 11.6 Å². The first-order chi connectivity index (χ1) is 18.0. The van der Waals surface area contributed by atoms with Gasteiger partial charge in [-0.05, 0) is 54.2 Å². The van der Waals surface area contributed by atoms with Crippen LogP contribution in [0.25, 0.3) is 0 Å². The van der Waals surface area contributed by atoms with E-state index in [0.717, 1.165) is 42.4 Å². The first-order valence-corrected chi connectivity index (χ1v) is 14.3. The molecule has 0 atom stereocenters. The normalized spacial score (nSPS) is 23.8. The van der Waals surface area contributed by atoms with E-state index in [-0.39, 0.29) is 28.3 Å². The monoisotopic (exact) mass is 517 g/mol. The summed E-state index contributed by atoms with van der Waals surface area (Å²) < 4.78 is 11.5. The molecule has 0 aromatic heterocycles. The Morgan fingerprint density at radius 1 is 0.895 bits per heavy atom. The van der Waals surface area contributed by atoms with Crippen LogP contribution in [0.15, 0.2) is 53.4 Å². The Morgan fingerprint density at radius 3 is 2.00 bits per heavy atom. The van der Waals surface area contributed by atoms with Crippen molar-refractivity contribution in [2.75, 3.05) is 13.7 Å². The van der Waals surface area contributed by atoms with Crippen LogP contribution < -0.4 is 9.47 Å². The maximum Gasteiger partial charge on any atom is 0.162 e. The van der Waals surface area contributed by atoms with E-state index in [1.807, 2.05) is 18.2 Å². The maximum absolute atomic E-state index is 14.0. The fourth-order valence-electron chi connectivity index (χ4n) is 7.24. The number of nitrogens with zero attached hydrogens (tertiary/aromatic N) is 1. The smallest absolute Gasteiger partial charge is 0.162 e. The minimum absolute atomic E-state index is 0.111. The van der Waals surface area contributed by atoms with Crippen molar-refractivity contribution in [3.63, 3.8) is 0 Å². The number of methoxy groups -OCH3 is 1. The lowest BCUT2D eigenvalue weighted by atomic mass is 9.63. The van der Waals surface area contributed by atoms with Gasteiger partial charge in [0.25, 0.3) is 0 Å². The molecule has 5 rings (SSSR count). The number of benzene rings is 1. The van der Waals surface area contributed by atoms with Crippen molar-refractivity contribution in [2.24, 2.45) is 10.8 Å². The summed E-state index contributed by atoms with van der Waals surface area (Å²) in [6, 6.07) is 6.23. The molecule has 0 spiro atoms. The van der Waals surface area contributed by atoms with Crippen molar-refractivity contribution in [1.29, 1.82) is 0 Å². The molecule has 5 heteroatoms. The van der Waals surface area contributed by atoms with Gasteiger partial charge in [0.2, 0.25) is 0 Å². The molecular weight excluding hydrogens is 474 g/mol. The minimum Gasteiger partial charge on any atom is -0.493 e. The van der Waals surface area contributed by atoms with Gasteiger partial charge in [0.1, 0.15) is 6.61 Å². The number of rotatable bonds is 6. The summed E-state index contributed by atoms with van der Waals surface area (Å²) in [7, 11) is 1.63. The molecule has 38 heavy (non-hydrogen) atoms. The Morgan fingerprint density at radius 2 is 1.47 bits per heavy atom. The van der Waals surface area contributed by atoms with Gasteiger partial charge in [-0.2, -0.15) is 0 Å². The van der Waals surface area contributed by atoms with Crippen LogP contribution in [0.3, 0.4) is 0 Å². The Bertz CT molecular complexity index is 1160. The number of hydrogen-bond acceptors (Lipinski definition) is 5. The topological polar surface area (TPSA) is 55.8 Å². The van der Waals surface area contributed by atoms with Gasteiger partial charge in [-0.3, -0.25) is 9.59 Å². The third-order valence-corrected chi connectivity index (χ3v) is 8.77. The van der Waals surface area contributed by atoms with Gasteiger partial charge in [-0.15, -0.1) is 0 Å². The number of allylic oxidation sites excluding steroid dienone is 4. The largest absolute Gasteiger partial charge is 0.493 e. The molecule has 1 aromatic carbocycles. The lowest BCUT2D eigenvalue weighted by molar-refractivity contribution is -0.119. The summed E-state index contributed by atoms with van der Waals surface area (Å²) >= 11 is 0. The molecule has 0 N–H and O–H groups in total. The van der Waals surface area contributed by atoms with Gasteiger partial charge in [0, 0.05) is 47.3 Å². The van der Waals surface area contributed by atoms with Crippen molar-refractivity contribution in [2.45, 2.75) is 97.4 Å². The second-order valence-electron chi connectivity index (χ2n) is 13.2. The van der Waals surface area contributed by atoms with Crippen LogP contribution in [0.5, 0.6) is 11.5 Å². The molecule has 0 bridgehead atoms. The average Bonchev–Trinajstić information content (AvgIpc) is 2.85. The number of hydrogen-bond donors (Lipinski definition) is 0. The Kier molecular flexibility index (Phi) is 7.08. The first kappa shape index (κ1) is 26.8. The second-order valence-corrected chi connectivity index (χ2v) is 13.2. The van der Waals surface area contributed by atoms with E-state index in [2.05, 4.69) is 39.2 Å². The lowest BCUT2D eigenvalue weighted by Crippen LogP contribution is -2.48. The predicted molar refractivity (Wildman–Crippen MR) is 150 cm³/mol. The highest BCUT2D eigenvalue weighted by Gasteiger charge is 2.50. The van der Waals surface area contributed by atoms with Gasteiger partial charge >= 0.3 is 0 Å². The molecule has 1 aromatic rings. The van der Waals surface area contributed by atoms with E-state index >= 15 is 0 Å². The predicted octanol–water partition coefficient (Wildman–Crippen LogP) is 7.28. The Balaban J connectivity index is 1.73. The zero-order chi connectivity index (χ0) is 27.2. The lowest BCUT2D eigenvalue weighted by Gasteiger charge is -2.52. The molecule has 0 amide bonds. The van der Waals surface area contributed by atoms with Gasteiger partial charge < -0.3 is 14.4 Å². The molecule has 0 radical (unpaired) electrons. The molecule has 3 aliphatic carbocycles. The van der Waals surface area contributed by atoms with Gasteiger partial charge in [0.15, 0.2) is 23.1 Å². The van der Waals surface area contributed by atoms with E-state index in [9.17, 15) is 9.59 Å². The van der Waals surface area contributed by atoms with E-state index in [4.69, 9.17) is 9.47 Å². The average molecular weight is 518 g/mol. The van der Waals surface area contributed by atoms with Crippen molar-refractivity contribution in [3.8, 4) is 11.5 Å². The van der Waals surface area contributed by atoms with Crippen LogP contribution in [0, 0.1) is 10.8 Å². The fourth-order valence-corrected chi connectivity index (χ4v) is 7.24. The zero-order valence-corrected chi connectivity index (χ0v) is 23.8. The highest BCUT2D eigenvalue weighted by molar-refractivity contribution is 6.06. The fraction of sp³-hybridized carbons (Fsp3) is 0.576. The molecule has 204 valence electrons. The third kappa shape index (κ3) is 4.85. The van der Waals surface area contributed by atoms with E-state index in [0.29, 0.717) is 37.0 Å². The number of carbonyl (C=O) groups is 2. The van der Waals surface area contributed by atoms with Crippen LogP contribution in [0.2, 0.25) is 0 Å². The molecule has 1 heterocycles. The summed E-state index contributed by atoms with van der Waals surface area (Å²) in [6.07, 6.45) is 10.3. The Hall–Kier alpha value is -2.82. The van der Waals surface area contributed by atoms with Crippen LogP contribution in [-0.4, -0.2) is 36.2 Å². The number of carbonyl (C=O) groups excluding carboxylic acids is 2. The third-order valence-electron chi connectivity index (χ3n) is 8.77. The molecule has 1 fully saturated rings. The molecule has 4 aliphatic rings. The summed E-state index contributed by atoms with van der Waals surface area (Å²) in [6.45, 7) is 12.9. The van der Waals surface area contributed by atoms with Crippen LogP contribution in [-0.2, 0) is 9.59 Å². The highest BCUT2D eigenvalue weighted by atomic mass is 16.5. The number of ether oxygens (including phenoxy) is 2. The highest BCUT2D eigenvalue weighted by Crippen LogP contribution is 2.56. The quantitative estimate of drug-likeness (QED) is 0.371. The summed E-state index contributed by atoms with van der Waals surface area (Å²) in [5, 5.41) is 0. The van der Waals surface area contributed by atoms with Gasteiger partial charge in [-0.25, -0.2) is 0 Å². The summed E-state index contributed by atoms with van der Waals surface area (Å²) in [5.41, 5.74) is 4.71. The summed E-state index contributed by atoms with van der Waals surface area (Å²) in [5.74, 6) is 1.23. The SMILES string of the molecule is C=CCOc1ccc(C2C3=C(CC(C)(C)CC3=O)N(C3CCCCC3)C3=C2C(=O)CC(C)(C)C3)cc1OC. The minimum atomic E-state index is -0.366. The van der Waals surface area contributed by atoms with Crippen LogP contribution in [0.4, 0.5) is 0 Å². The molecule has 0 unspecified atom stereocenters. The molecule has 5 nitrogen and oxygen atoms in total. The van der Waals surface area contributed by atoms with Gasteiger partial charge in [-0.1, -0.05) is 65.7 Å². The molecule has 0 saturated heterocycles. The van der Waals surface area contributed by atoms with Crippen LogP contribution >= 0.6 is 0 Å². The van der Waals surface area contributed by atoms with Crippen molar-refractivity contribution in [3.05, 3.63) is 59.0 Å². The van der Waals surface area contributed by atoms with Crippen molar-refractivity contribution < 1.29 is 19.1 Å². The van der Waals surface area contributed by atoms with Crippen LogP contribution in [0.1, 0.15) is 97.0 Å². The molecule has 1 saturated carbocycles. The van der Waals surface area contributed by atoms with E-state index in [1.54, 1.807) is 13.2 Å². The number of Topliss-reactive ketones (excluding diaryl/α,β-unsaturated/α-hetero) is 2. The number of ketones is 2. The summed E-state index contributed by atoms with van der Waals surface area (Å²) in [4.78, 5) is 30.6.